The molecule has 1 aromatic carbocycles. The van der Waals surface area contributed by atoms with E-state index in [4.69, 9.17) is 4.74 Å². The maximum absolute atomic E-state index is 11.9. The SMILES string of the molecule is Cc1c(CNC(=O)C2COCCN2)cccc1[N+](=O)[O-]. The summed E-state index contributed by atoms with van der Waals surface area (Å²) in [7, 11) is 0. The van der Waals surface area contributed by atoms with Crippen LogP contribution in [0.3, 0.4) is 0 Å². The third-order valence-electron chi connectivity index (χ3n) is 3.31. The number of nitrogens with one attached hydrogen (secondary N) is 2. The van der Waals surface area contributed by atoms with E-state index in [1.807, 2.05) is 0 Å². The van der Waals surface area contributed by atoms with Gasteiger partial charge in [0.05, 0.1) is 18.1 Å². The number of nitro groups is 1. The lowest BCUT2D eigenvalue weighted by molar-refractivity contribution is -0.385. The maximum atomic E-state index is 11.9. The van der Waals surface area contributed by atoms with Crippen LogP contribution in [0.25, 0.3) is 0 Å². The van der Waals surface area contributed by atoms with E-state index in [1.165, 1.54) is 6.07 Å². The first kappa shape index (κ1) is 14.4. The molecular formula is C13H17N3O4. The molecule has 0 aromatic heterocycles. The number of carbonyl (C=O) groups excluding carboxylic acids is 1. The zero-order valence-electron chi connectivity index (χ0n) is 11.2. The first-order valence-electron chi connectivity index (χ1n) is 6.41. The Labute approximate surface area is 116 Å². The van der Waals surface area contributed by atoms with E-state index in [2.05, 4.69) is 10.6 Å². The van der Waals surface area contributed by atoms with Gasteiger partial charge in [0.2, 0.25) is 5.91 Å². The van der Waals surface area contributed by atoms with Crippen molar-refractivity contribution in [3.8, 4) is 0 Å². The molecule has 1 amide bonds. The molecule has 2 N–H and O–H groups in total. The Morgan fingerprint density at radius 1 is 1.60 bits per heavy atom. The minimum atomic E-state index is -0.419. The monoisotopic (exact) mass is 279 g/mol. The lowest BCUT2D eigenvalue weighted by Gasteiger charge is -2.23. The fraction of sp³-hybridized carbons (Fsp3) is 0.462. The van der Waals surface area contributed by atoms with Crippen molar-refractivity contribution in [1.82, 2.24) is 10.6 Å². The van der Waals surface area contributed by atoms with E-state index in [9.17, 15) is 14.9 Å². The van der Waals surface area contributed by atoms with Gasteiger partial charge in [-0.2, -0.15) is 0 Å². The molecule has 108 valence electrons. The zero-order chi connectivity index (χ0) is 14.5. The van der Waals surface area contributed by atoms with Gasteiger partial charge in [-0.05, 0) is 12.5 Å². The van der Waals surface area contributed by atoms with Crippen LogP contribution in [0.5, 0.6) is 0 Å². The molecule has 1 fully saturated rings. The summed E-state index contributed by atoms with van der Waals surface area (Å²) in [6, 6.07) is 4.49. The summed E-state index contributed by atoms with van der Waals surface area (Å²) >= 11 is 0. The van der Waals surface area contributed by atoms with Crippen LogP contribution in [-0.2, 0) is 16.1 Å². The molecule has 1 aromatic rings. The second-order valence-electron chi connectivity index (χ2n) is 4.62. The molecule has 1 heterocycles. The lowest BCUT2D eigenvalue weighted by Crippen LogP contribution is -2.51. The fourth-order valence-electron chi connectivity index (χ4n) is 2.10. The van der Waals surface area contributed by atoms with E-state index in [0.29, 0.717) is 25.3 Å². The van der Waals surface area contributed by atoms with Crippen LogP contribution in [0, 0.1) is 17.0 Å². The molecule has 0 spiro atoms. The quantitative estimate of drug-likeness (QED) is 0.618. The average molecular weight is 279 g/mol. The first-order valence-corrected chi connectivity index (χ1v) is 6.41. The average Bonchev–Trinajstić information content (AvgIpc) is 2.46. The summed E-state index contributed by atoms with van der Waals surface area (Å²) in [6.07, 6.45) is 0. The Kier molecular flexibility index (Phi) is 4.65. The number of benzene rings is 1. The van der Waals surface area contributed by atoms with Crippen molar-refractivity contribution in [2.45, 2.75) is 19.5 Å². The van der Waals surface area contributed by atoms with Crippen molar-refractivity contribution in [3.63, 3.8) is 0 Å². The third kappa shape index (κ3) is 3.31. The van der Waals surface area contributed by atoms with Crippen LogP contribution < -0.4 is 10.6 Å². The topological polar surface area (TPSA) is 93.5 Å². The Bertz CT molecular complexity index is 512. The molecule has 0 aliphatic carbocycles. The van der Waals surface area contributed by atoms with Crippen LogP contribution >= 0.6 is 0 Å². The van der Waals surface area contributed by atoms with Crippen molar-refractivity contribution in [2.24, 2.45) is 0 Å². The second-order valence-corrected chi connectivity index (χ2v) is 4.62. The van der Waals surface area contributed by atoms with Gasteiger partial charge in [-0.1, -0.05) is 12.1 Å². The molecule has 0 bridgehead atoms. The highest BCUT2D eigenvalue weighted by Gasteiger charge is 2.21. The molecule has 1 aliphatic heterocycles. The highest BCUT2D eigenvalue weighted by molar-refractivity contribution is 5.82. The Morgan fingerprint density at radius 2 is 2.40 bits per heavy atom. The maximum Gasteiger partial charge on any atom is 0.272 e. The molecule has 1 aliphatic rings. The van der Waals surface area contributed by atoms with E-state index in [1.54, 1.807) is 19.1 Å². The van der Waals surface area contributed by atoms with Crippen LogP contribution in [0.15, 0.2) is 18.2 Å². The molecule has 7 heteroatoms. The van der Waals surface area contributed by atoms with Crippen molar-refractivity contribution in [1.29, 1.82) is 0 Å². The van der Waals surface area contributed by atoms with Gasteiger partial charge >= 0.3 is 0 Å². The van der Waals surface area contributed by atoms with Gasteiger partial charge in [-0.15, -0.1) is 0 Å². The number of carbonyl (C=O) groups is 1. The number of nitrogens with zero attached hydrogens (tertiary/aromatic N) is 1. The lowest BCUT2D eigenvalue weighted by atomic mass is 10.1. The van der Waals surface area contributed by atoms with Gasteiger partial charge in [0.1, 0.15) is 6.04 Å². The number of hydrogen-bond acceptors (Lipinski definition) is 5. The predicted octanol–water partition coefficient (Wildman–Crippen LogP) is 0.508. The number of nitro benzene ring substituents is 1. The van der Waals surface area contributed by atoms with Crippen LogP contribution in [0.2, 0.25) is 0 Å². The van der Waals surface area contributed by atoms with Gasteiger partial charge in [0, 0.05) is 24.7 Å². The largest absolute Gasteiger partial charge is 0.378 e. The van der Waals surface area contributed by atoms with Crippen molar-refractivity contribution in [2.75, 3.05) is 19.8 Å². The van der Waals surface area contributed by atoms with E-state index in [0.717, 1.165) is 5.56 Å². The number of ether oxygens (including phenoxy) is 1. The summed E-state index contributed by atoms with van der Waals surface area (Å²) in [4.78, 5) is 22.3. The minimum absolute atomic E-state index is 0.0656. The van der Waals surface area contributed by atoms with E-state index >= 15 is 0 Å². The van der Waals surface area contributed by atoms with Gasteiger partial charge in [0.15, 0.2) is 0 Å². The third-order valence-corrected chi connectivity index (χ3v) is 3.31. The van der Waals surface area contributed by atoms with Crippen molar-refractivity contribution in [3.05, 3.63) is 39.4 Å². The summed E-state index contributed by atoms with van der Waals surface area (Å²) in [5.41, 5.74) is 1.38. The fourth-order valence-corrected chi connectivity index (χ4v) is 2.10. The molecule has 1 saturated heterocycles. The normalized spacial score (nSPS) is 18.6. The number of morpholine rings is 1. The zero-order valence-corrected chi connectivity index (χ0v) is 11.2. The highest BCUT2D eigenvalue weighted by Crippen LogP contribution is 2.20. The van der Waals surface area contributed by atoms with Crippen molar-refractivity contribution >= 4 is 11.6 Å². The molecule has 0 saturated carbocycles. The number of amides is 1. The molecular weight excluding hydrogens is 262 g/mol. The molecule has 2 rings (SSSR count). The van der Waals surface area contributed by atoms with Gasteiger partial charge in [0.25, 0.3) is 5.69 Å². The highest BCUT2D eigenvalue weighted by atomic mass is 16.6. The number of hydrogen-bond donors (Lipinski definition) is 2. The molecule has 1 unspecified atom stereocenters. The van der Waals surface area contributed by atoms with Crippen LogP contribution in [-0.4, -0.2) is 36.6 Å². The summed E-state index contributed by atoms with van der Waals surface area (Å²) in [5.74, 6) is -0.157. The summed E-state index contributed by atoms with van der Waals surface area (Å²) in [6.45, 7) is 3.55. The van der Waals surface area contributed by atoms with Gasteiger partial charge in [-0.25, -0.2) is 0 Å². The number of rotatable bonds is 4. The van der Waals surface area contributed by atoms with Crippen molar-refractivity contribution < 1.29 is 14.5 Å². The van der Waals surface area contributed by atoms with E-state index < -0.39 is 4.92 Å². The first-order chi connectivity index (χ1) is 9.59. The van der Waals surface area contributed by atoms with E-state index in [-0.39, 0.29) is 24.2 Å². The van der Waals surface area contributed by atoms with Gasteiger partial charge in [-0.3, -0.25) is 14.9 Å². The molecule has 7 nitrogen and oxygen atoms in total. The predicted molar refractivity (Wildman–Crippen MR) is 72.3 cm³/mol. The Balaban J connectivity index is 1.98. The molecule has 0 radical (unpaired) electrons. The summed E-state index contributed by atoms with van der Waals surface area (Å²) in [5, 5.41) is 16.7. The Hall–Kier alpha value is -1.99. The Morgan fingerprint density at radius 3 is 3.05 bits per heavy atom. The summed E-state index contributed by atoms with van der Waals surface area (Å²) < 4.78 is 5.22. The molecule has 1 atom stereocenters. The smallest absolute Gasteiger partial charge is 0.272 e. The van der Waals surface area contributed by atoms with Crippen LogP contribution in [0.4, 0.5) is 5.69 Å². The second kappa shape index (κ2) is 6.44. The van der Waals surface area contributed by atoms with Gasteiger partial charge < -0.3 is 15.4 Å². The molecule has 20 heavy (non-hydrogen) atoms. The van der Waals surface area contributed by atoms with Crippen LogP contribution in [0.1, 0.15) is 11.1 Å². The minimum Gasteiger partial charge on any atom is -0.378 e. The standard InChI is InChI=1S/C13H17N3O4/c1-9-10(3-2-4-12(9)16(18)19)7-15-13(17)11-8-20-6-5-14-11/h2-4,11,14H,5-8H2,1H3,(H,15,17).